The molecule has 1 radical (unpaired) electrons. The van der Waals surface area contributed by atoms with Crippen molar-refractivity contribution in [2.24, 2.45) is 0 Å². The van der Waals surface area contributed by atoms with Crippen LogP contribution in [0.5, 0.6) is 0 Å². The molecule has 0 unspecified atom stereocenters. The predicted octanol–water partition coefficient (Wildman–Crippen LogP) is 0.201. The second-order valence-electron chi connectivity index (χ2n) is 1.18. The molecule has 0 N–H and O–H groups in total. The molecule has 35 valence electrons. The smallest absolute Gasteiger partial charge is 0.168 e. The van der Waals surface area contributed by atoms with Gasteiger partial charge in [-0.15, -0.1) is 0 Å². The lowest BCUT2D eigenvalue weighted by molar-refractivity contribution is -0.105. The molecule has 2 nitrogen and oxygen atoms in total. The molecule has 1 aliphatic heterocycles. The summed E-state index contributed by atoms with van der Waals surface area (Å²) in [6.07, 6.45) is 5.69. The minimum atomic E-state index is 0.500. The number of aldehydes is 1. The highest BCUT2D eigenvalue weighted by Crippen LogP contribution is 1.93. The Morgan fingerprint density at radius 3 is 2.86 bits per heavy atom. The molecule has 0 saturated carbocycles. The minimum Gasteiger partial charge on any atom is -0.296 e. The van der Waals surface area contributed by atoms with Crippen molar-refractivity contribution >= 4 is 6.29 Å². The van der Waals surface area contributed by atoms with Gasteiger partial charge in [0.1, 0.15) is 5.70 Å². The van der Waals surface area contributed by atoms with Crippen molar-refractivity contribution in [3.63, 3.8) is 0 Å². The van der Waals surface area contributed by atoms with Crippen molar-refractivity contribution < 1.29 is 4.79 Å². The maximum atomic E-state index is 9.81. The highest BCUT2D eigenvalue weighted by molar-refractivity contribution is 5.74. The Morgan fingerprint density at radius 2 is 2.57 bits per heavy atom. The number of allylic oxidation sites excluding steroid dienone is 3. The molecule has 0 spiro atoms. The molecule has 1 heterocycles. The molecule has 0 aliphatic carbocycles. The molecule has 0 fully saturated rings. The van der Waals surface area contributed by atoms with E-state index < -0.39 is 0 Å². The standard InChI is InChI=1S/C5H4NO/c7-4-5-2-1-3-6-5/h1-4H. The fraction of sp³-hybridized carbons (Fsp3) is 0. The van der Waals surface area contributed by atoms with Crippen molar-refractivity contribution in [1.29, 1.82) is 0 Å². The molecule has 0 atom stereocenters. The van der Waals surface area contributed by atoms with Crippen LogP contribution in [0, 0.1) is 0 Å². The maximum Gasteiger partial charge on any atom is 0.168 e. The van der Waals surface area contributed by atoms with Crippen molar-refractivity contribution in [3.8, 4) is 0 Å². The van der Waals surface area contributed by atoms with E-state index in [-0.39, 0.29) is 0 Å². The van der Waals surface area contributed by atoms with Crippen LogP contribution in [-0.2, 0) is 4.79 Å². The summed E-state index contributed by atoms with van der Waals surface area (Å²) in [7, 11) is 0. The van der Waals surface area contributed by atoms with E-state index in [0.717, 1.165) is 6.29 Å². The van der Waals surface area contributed by atoms with Gasteiger partial charge in [0.15, 0.2) is 6.29 Å². The molecule has 1 rings (SSSR count). The van der Waals surface area contributed by atoms with E-state index in [1.54, 1.807) is 18.4 Å². The maximum absolute atomic E-state index is 9.81. The monoisotopic (exact) mass is 94.0 g/mol. The van der Waals surface area contributed by atoms with Gasteiger partial charge >= 0.3 is 0 Å². The summed E-state index contributed by atoms with van der Waals surface area (Å²) in [5.74, 6) is 0. The van der Waals surface area contributed by atoms with Gasteiger partial charge in [0.05, 0.1) is 0 Å². The first-order valence-corrected chi connectivity index (χ1v) is 1.96. The Kier molecular flexibility index (Phi) is 0.941. The number of rotatable bonds is 1. The molecule has 0 saturated heterocycles. The first-order valence-electron chi connectivity index (χ1n) is 1.96. The van der Waals surface area contributed by atoms with E-state index in [4.69, 9.17) is 0 Å². The predicted molar refractivity (Wildman–Crippen MR) is 25.4 cm³/mol. The minimum absolute atomic E-state index is 0.500. The Bertz CT molecular complexity index is 135. The van der Waals surface area contributed by atoms with Gasteiger partial charge in [-0.2, -0.15) is 0 Å². The van der Waals surface area contributed by atoms with E-state index in [9.17, 15) is 4.79 Å². The number of hydrogen-bond donors (Lipinski definition) is 0. The third kappa shape index (κ3) is 0.682. The molecule has 0 amide bonds. The van der Waals surface area contributed by atoms with Crippen LogP contribution in [-0.4, -0.2) is 6.29 Å². The van der Waals surface area contributed by atoms with Gasteiger partial charge in [-0.1, -0.05) is 0 Å². The van der Waals surface area contributed by atoms with Crippen molar-refractivity contribution in [1.82, 2.24) is 5.32 Å². The van der Waals surface area contributed by atoms with Gasteiger partial charge in [0.2, 0.25) is 0 Å². The first-order chi connectivity index (χ1) is 3.43. The first kappa shape index (κ1) is 4.12. The zero-order valence-electron chi connectivity index (χ0n) is 3.66. The Labute approximate surface area is 41.5 Å². The van der Waals surface area contributed by atoms with Crippen LogP contribution < -0.4 is 5.32 Å². The third-order valence-corrected chi connectivity index (χ3v) is 0.697. The summed E-state index contributed by atoms with van der Waals surface area (Å²) >= 11 is 0. The van der Waals surface area contributed by atoms with Crippen molar-refractivity contribution in [3.05, 3.63) is 24.0 Å². The lowest BCUT2D eigenvalue weighted by Crippen LogP contribution is -1.90. The molecule has 2 heteroatoms. The summed E-state index contributed by atoms with van der Waals surface area (Å²) in [6, 6.07) is 0. The fourth-order valence-electron chi connectivity index (χ4n) is 0.383. The molecule has 0 aromatic carbocycles. The Morgan fingerprint density at radius 1 is 1.71 bits per heavy atom. The van der Waals surface area contributed by atoms with E-state index >= 15 is 0 Å². The number of carbonyl (C=O) groups is 1. The van der Waals surface area contributed by atoms with E-state index in [1.807, 2.05) is 0 Å². The molecule has 7 heavy (non-hydrogen) atoms. The molecular formula is C5H4NO. The van der Waals surface area contributed by atoms with Crippen LogP contribution in [0.25, 0.3) is 0 Å². The molecular weight excluding hydrogens is 90.1 g/mol. The van der Waals surface area contributed by atoms with Crippen LogP contribution in [0.4, 0.5) is 0 Å². The van der Waals surface area contributed by atoms with Gasteiger partial charge in [0.25, 0.3) is 0 Å². The summed E-state index contributed by atoms with van der Waals surface area (Å²) < 4.78 is 0. The van der Waals surface area contributed by atoms with E-state index in [2.05, 4.69) is 5.32 Å². The molecule has 1 aliphatic rings. The quantitative estimate of drug-likeness (QED) is 0.427. The van der Waals surface area contributed by atoms with Crippen LogP contribution in [0.15, 0.2) is 24.0 Å². The summed E-state index contributed by atoms with van der Waals surface area (Å²) in [6.45, 7) is 0. The Balaban J connectivity index is 2.61. The van der Waals surface area contributed by atoms with Crippen LogP contribution >= 0.6 is 0 Å². The van der Waals surface area contributed by atoms with E-state index in [0.29, 0.717) is 5.70 Å². The number of carbonyl (C=O) groups excluding carboxylic acids is 1. The second-order valence-corrected chi connectivity index (χ2v) is 1.18. The van der Waals surface area contributed by atoms with E-state index in [1.165, 1.54) is 0 Å². The molecule has 0 aromatic rings. The van der Waals surface area contributed by atoms with Crippen LogP contribution in [0.2, 0.25) is 0 Å². The average molecular weight is 94.1 g/mol. The SMILES string of the molecule is O=CC1=CC=C[N]1. The van der Waals surface area contributed by atoms with Gasteiger partial charge in [0, 0.05) is 6.20 Å². The summed E-state index contributed by atoms with van der Waals surface area (Å²) in [5.41, 5.74) is 0.500. The highest BCUT2D eigenvalue weighted by Gasteiger charge is 1.93. The lowest BCUT2D eigenvalue weighted by atomic mass is 10.5. The van der Waals surface area contributed by atoms with Gasteiger partial charge in [-0.05, 0) is 12.2 Å². The molecule has 0 aromatic heterocycles. The zero-order valence-corrected chi connectivity index (χ0v) is 3.66. The number of nitrogens with zero attached hydrogens (tertiary/aromatic N) is 1. The lowest BCUT2D eigenvalue weighted by Gasteiger charge is -1.80. The Hall–Kier alpha value is -1.05. The highest BCUT2D eigenvalue weighted by atomic mass is 16.1. The van der Waals surface area contributed by atoms with Gasteiger partial charge in [-0.25, -0.2) is 0 Å². The van der Waals surface area contributed by atoms with Crippen LogP contribution in [0.1, 0.15) is 0 Å². The normalized spacial score (nSPS) is 15.7. The zero-order chi connectivity index (χ0) is 5.11. The van der Waals surface area contributed by atoms with Gasteiger partial charge in [-0.3, -0.25) is 10.1 Å². The third-order valence-electron chi connectivity index (χ3n) is 0.697. The van der Waals surface area contributed by atoms with Crippen LogP contribution in [0.3, 0.4) is 0 Å². The van der Waals surface area contributed by atoms with Crippen molar-refractivity contribution in [2.45, 2.75) is 0 Å². The summed E-state index contributed by atoms with van der Waals surface area (Å²) in [5, 5.41) is 3.67. The van der Waals surface area contributed by atoms with Gasteiger partial charge < -0.3 is 0 Å². The average Bonchev–Trinajstić information content (AvgIpc) is 2.14. The summed E-state index contributed by atoms with van der Waals surface area (Å²) in [4.78, 5) is 9.81. The van der Waals surface area contributed by atoms with Crippen molar-refractivity contribution in [2.75, 3.05) is 0 Å². The number of hydrogen-bond acceptors (Lipinski definition) is 1. The topological polar surface area (TPSA) is 31.2 Å². The fourth-order valence-corrected chi connectivity index (χ4v) is 0.383. The molecule has 0 bridgehead atoms. The largest absolute Gasteiger partial charge is 0.296 e. The second kappa shape index (κ2) is 1.60.